The van der Waals surface area contributed by atoms with Crippen molar-refractivity contribution in [3.05, 3.63) is 0 Å². The van der Waals surface area contributed by atoms with Crippen LogP contribution >= 0.6 is 0 Å². The monoisotopic (exact) mass is 302 g/mol. The van der Waals surface area contributed by atoms with Gasteiger partial charge in [-0.25, -0.2) is 4.79 Å². The zero-order chi connectivity index (χ0) is 15.7. The van der Waals surface area contributed by atoms with Crippen molar-refractivity contribution in [3.8, 4) is 0 Å². The number of ether oxygens (including phenoxy) is 1. The number of aliphatic carboxylic acids is 1. The molecule has 1 aliphatic heterocycles. The molecule has 0 spiro atoms. The van der Waals surface area contributed by atoms with Crippen molar-refractivity contribution in [1.82, 2.24) is 10.2 Å². The van der Waals surface area contributed by atoms with Gasteiger partial charge in [-0.1, -0.05) is 0 Å². The summed E-state index contributed by atoms with van der Waals surface area (Å²) in [4.78, 5) is 24.2. The Labute approximate surface area is 125 Å². The molecule has 7 heteroatoms. The SMILES string of the molecule is CC(CCCC(=O)O)NC(=O)N1CCC(OCCO)CC1. The normalized spacial score (nSPS) is 17.5. The summed E-state index contributed by atoms with van der Waals surface area (Å²) in [6, 6.07) is -0.126. The van der Waals surface area contributed by atoms with Gasteiger partial charge in [0.2, 0.25) is 0 Å². The van der Waals surface area contributed by atoms with Crippen LogP contribution < -0.4 is 5.32 Å². The molecule has 0 bridgehead atoms. The van der Waals surface area contributed by atoms with Crippen molar-refractivity contribution in [1.29, 1.82) is 0 Å². The van der Waals surface area contributed by atoms with Gasteiger partial charge in [0.25, 0.3) is 0 Å². The highest BCUT2D eigenvalue weighted by atomic mass is 16.5. The minimum Gasteiger partial charge on any atom is -0.481 e. The smallest absolute Gasteiger partial charge is 0.317 e. The van der Waals surface area contributed by atoms with E-state index in [9.17, 15) is 9.59 Å². The van der Waals surface area contributed by atoms with Crippen LogP contribution in [-0.4, -0.2) is 65.6 Å². The number of nitrogens with one attached hydrogen (secondary N) is 1. The van der Waals surface area contributed by atoms with E-state index >= 15 is 0 Å². The van der Waals surface area contributed by atoms with Gasteiger partial charge in [-0.15, -0.1) is 0 Å². The number of carboxylic acids is 1. The molecule has 1 atom stereocenters. The molecular weight excluding hydrogens is 276 g/mol. The summed E-state index contributed by atoms with van der Waals surface area (Å²) >= 11 is 0. The maximum atomic E-state index is 12.0. The molecule has 7 nitrogen and oxygen atoms in total. The number of aliphatic hydroxyl groups is 1. The number of piperidine rings is 1. The first-order chi connectivity index (χ1) is 10.0. The predicted molar refractivity (Wildman–Crippen MR) is 77.1 cm³/mol. The molecule has 21 heavy (non-hydrogen) atoms. The Morgan fingerprint density at radius 1 is 1.38 bits per heavy atom. The summed E-state index contributed by atoms with van der Waals surface area (Å²) in [6.07, 6.45) is 3.03. The van der Waals surface area contributed by atoms with Crippen LogP contribution in [0.25, 0.3) is 0 Å². The van der Waals surface area contributed by atoms with Crippen molar-refractivity contribution in [2.45, 2.75) is 51.2 Å². The van der Waals surface area contributed by atoms with Gasteiger partial charge in [0.05, 0.1) is 19.3 Å². The summed E-state index contributed by atoms with van der Waals surface area (Å²) in [5, 5.41) is 20.2. The van der Waals surface area contributed by atoms with E-state index < -0.39 is 5.97 Å². The molecule has 1 saturated heterocycles. The molecule has 1 rings (SSSR count). The molecule has 0 aliphatic carbocycles. The minimum absolute atomic E-state index is 0.0224. The summed E-state index contributed by atoms with van der Waals surface area (Å²) in [5.41, 5.74) is 0. The average Bonchev–Trinajstić information content (AvgIpc) is 2.45. The van der Waals surface area contributed by atoms with Crippen LogP contribution in [0.3, 0.4) is 0 Å². The highest BCUT2D eigenvalue weighted by Gasteiger charge is 2.23. The Kier molecular flexibility index (Phi) is 8.07. The Morgan fingerprint density at radius 2 is 2.05 bits per heavy atom. The molecule has 1 unspecified atom stereocenters. The maximum absolute atomic E-state index is 12.0. The standard InChI is InChI=1S/C14H26N2O5/c1-11(3-2-4-13(18)19)15-14(20)16-7-5-12(6-8-16)21-10-9-17/h11-12,17H,2-10H2,1H3,(H,15,20)(H,18,19). The van der Waals surface area contributed by atoms with E-state index in [1.165, 1.54) is 0 Å². The number of amides is 2. The maximum Gasteiger partial charge on any atom is 0.317 e. The predicted octanol–water partition coefficient (Wildman–Crippen LogP) is 0.813. The Morgan fingerprint density at radius 3 is 2.62 bits per heavy atom. The quantitative estimate of drug-likeness (QED) is 0.616. The Hall–Kier alpha value is -1.34. The zero-order valence-corrected chi connectivity index (χ0v) is 12.6. The highest BCUT2D eigenvalue weighted by Crippen LogP contribution is 2.14. The second-order valence-electron chi connectivity index (χ2n) is 5.42. The van der Waals surface area contributed by atoms with E-state index in [1.807, 2.05) is 6.92 Å². The number of likely N-dealkylation sites (tertiary alicyclic amines) is 1. The van der Waals surface area contributed by atoms with Crippen LogP contribution in [0, 0.1) is 0 Å². The van der Waals surface area contributed by atoms with Gasteiger partial charge < -0.3 is 25.2 Å². The second kappa shape index (κ2) is 9.57. The summed E-state index contributed by atoms with van der Waals surface area (Å²) in [6.45, 7) is 3.54. The molecule has 0 aromatic rings. The third-order valence-electron chi connectivity index (χ3n) is 3.57. The number of carbonyl (C=O) groups excluding carboxylic acids is 1. The lowest BCUT2D eigenvalue weighted by atomic mass is 10.1. The summed E-state index contributed by atoms with van der Waals surface area (Å²) in [7, 11) is 0. The number of nitrogens with zero attached hydrogens (tertiary/aromatic N) is 1. The van der Waals surface area contributed by atoms with Crippen LogP contribution in [0.4, 0.5) is 4.79 Å². The minimum atomic E-state index is -0.807. The molecule has 0 aromatic carbocycles. The third kappa shape index (κ3) is 7.29. The van der Waals surface area contributed by atoms with Gasteiger partial charge in [-0.3, -0.25) is 4.79 Å². The van der Waals surface area contributed by atoms with Crippen molar-refractivity contribution >= 4 is 12.0 Å². The molecule has 0 aromatic heterocycles. The highest BCUT2D eigenvalue weighted by molar-refractivity contribution is 5.74. The van der Waals surface area contributed by atoms with Gasteiger partial charge in [0.15, 0.2) is 0 Å². The molecule has 0 saturated carbocycles. The molecular formula is C14H26N2O5. The fourth-order valence-corrected chi connectivity index (χ4v) is 2.38. The van der Waals surface area contributed by atoms with E-state index in [-0.39, 0.29) is 31.2 Å². The van der Waals surface area contributed by atoms with Crippen LogP contribution in [0.1, 0.15) is 39.0 Å². The fraction of sp³-hybridized carbons (Fsp3) is 0.857. The van der Waals surface area contributed by atoms with Crippen molar-refractivity contribution in [2.75, 3.05) is 26.3 Å². The molecule has 1 fully saturated rings. The third-order valence-corrected chi connectivity index (χ3v) is 3.57. The van der Waals surface area contributed by atoms with Gasteiger partial charge in [-0.2, -0.15) is 0 Å². The topological polar surface area (TPSA) is 99.1 Å². The summed E-state index contributed by atoms with van der Waals surface area (Å²) in [5.74, 6) is -0.807. The number of aliphatic hydroxyl groups excluding tert-OH is 1. The molecule has 122 valence electrons. The molecule has 1 heterocycles. The average molecular weight is 302 g/mol. The lowest BCUT2D eigenvalue weighted by molar-refractivity contribution is -0.137. The molecule has 1 aliphatic rings. The van der Waals surface area contributed by atoms with Crippen molar-refractivity contribution in [2.24, 2.45) is 0 Å². The largest absolute Gasteiger partial charge is 0.481 e. The van der Waals surface area contributed by atoms with Crippen LogP contribution in [0.2, 0.25) is 0 Å². The van der Waals surface area contributed by atoms with Crippen LogP contribution in [0.5, 0.6) is 0 Å². The van der Waals surface area contributed by atoms with Crippen LogP contribution in [0.15, 0.2) is 0 Å². The van der Waals surface area contributed by atoms with E-state index in [0.717, 1.165) is 12.8 Å². The number of rotatable bonds is 8. The first kappa shape index (κ1) is 17.7. The van der Waals surface area contributed by atoms with E-state index in [0.29, 0.717) is 32.5 Å². The number of hydrogen-bond donors (Lipinski definition) is 3. The first-order valence-electron chi connectivity index (χ1n) is 7.52. The van der Waals surface area contributed by atoms with Crippen molar-refractivity contribution < 1.29 is 24.5 Å². The second-order valence-corrected chi connectivity index (χ2v) is 5.42. The van der Waals surface area contributed by atoms with Gasteiger partial charge in [-0.05, 0) is 32.6 Å². The molecule has 0 radical (unpaired) electrons. The van der Waals surface area contributed by atoms with Gasteiger partial charge >= 0.3 is 12.0 Å². The number of urea groups is 1. The Bertz CT molecular complexity index is 329. The first-order valence-corrected chi connectivity index (χ1v) is 7.52. The molecule has 3 N–H and O–H groups in total. The van der Waals surface area contributed by atoms with Gasteiger partial charge in [0.1, 0.15) is 0 Å². The number of hydrogen-bond acceptors (Lipinski definition) is 4. The van der Waals surface area contributed by atoms with Gasteiger partial charge in [0, 0.05) is 25.6 Å². The Balaban J connectivity index is 2.19. The van der Waals surface area contributed by atoms with E-state index in [2.05, 4.69) is 5.32 Å². The lowest BCUT2D eigenvalue weighted by Gasteiger charge is -2.32. The van der Waals surface area contributed by atoms with E-state index in [4.69, 9.17) is 14.9 Å². The number of carboxylic acid groups (broad SMARTS) is 1. The lowest BCUT2D eigenvalue weighted by Crippen LogP contribution is -2.48. The van der Waals surface area contributed by atoms with E-state index in [1.54, 1.807) is 4.90 Å². The summed E-state index contributed by atoms with van der Waals surface area (Å²) < 4.78 is 5.45. The number of carbonyl (C=O) groups is 2. The zero-order valence-electron chi connectivity index (χ0n) is 12.6. The fourth-order valence-electron chi connectivity index (χ4n) is 2.38. The van der Waals surface area contributed by atoms with Crippen LogP contribution in [-0.2, 0) is 9.53 Å². The molecule has 2 amide bonds. The van der Waals surface area contributed by atoms with Crippen molar-refractivity contribution in [3.63, 3.8) is 0 Å².